The van der Waals surface area contributed by atoms with Crippen molar-refractivity contribution in [3.05, 3.63) is 88.1 Å². The molecule has 36 heavy (non-hydrogen) atoms. The summed E-state index contributed by atoms with van der Waals surface area (Å²) in [5, 5.41) is 3.18. The molecule has 3 aromatic rings. The highest BCUT2D eigenvalue weighted by atomic mass is 35.5. The number of aromatic nitrogens is 1. The van der Waals surface area contributed by atoms with E-state index in [9.17, 15) is 14.4 Å². The molecule has 182 valence electrons. The maximum absolute atomic E-state index is 13.0. The molecule has 1 atom stereocenters. The molecule has 1 aromatic heterocycles. The van der Waals surface area contributed by atoms with E-state index in [0.29, 0.717) is 24.4 Å². The number of carbonyl (C=O) groups excluding carboxylic acids is 3. The van der Waals surface area contributed by atoms with Crippen molar-refractivity contribution in [1.82, 2.24) is 20.1 Å². The van der Waals surface area contributed by atoms with Gasteiger partial charge in [0.15, 0.2) is 0 Å². The van der Waals surface area contributed by atoms with Gasteiger partial charge in [-0.2, -0.15) is 0 Å². The molecule has 0 radical (unpaired) electrons. The van der Waals surface area contributed by atoms with Crippen molar-refractivity contribution >= 4 is 29.3 Å². The normalized spacial score (nSPS) is 20.3. The number of benzene rings is 2. The lowest BCUT2D eigenvalue weighted by Gasteiger charge is -2.40. The van der Waals surface area contributed by atoms with Gasteiger partial charge in [-0.15, -0.1) is 0 Å². The summed E-state index contributed by atoms with van der Waals surface area (Å²) in [7, 11) is 0. The maximum Gasteiger partial charge on any atom is 0.255 e. The summed E-state index contributed by atoms with van der Waals surface area (Å²) >= 11 is 6.36. The van der Waals surface area contributed by atoms with Crippen molar-refractivity contribution in [2.75, 3.05) is 13.1 Å². The summed E-state index contributed by atoms with van der Waals surface area (Å²) in [4.78, 5) is 45.3. The summed E-state index contributed by atoms with van der Waals surface area (Å²) in [6.07, 6.45) is 2.42. The Kier molecular flexibility index (Phi) is 5.82. The fourth-order valence-corrected chi connectivity index (χ4v) is 5.71. The van der Waals surface area contributed by atoms with E-state index in [2.05, 4.69) is 27.3 Å². The number of nitrogens with one attached hydrogen (secondary N) is 1. The zero-order valence-corrected chi connectivity index (χ0v) is 20.4. The molecule has 1 unspecified atom stereocenters. The first kappa shape index (κ1) is 22.9. The van der Waals surface area contributed by atoms with Gasteiger partial charge in [0.05, 0.1) is 5.69 Å². The number of amides is 3. The lowest BCUT2D eigenvalue weighted by Crippen LogP contribution is -2.52. The van der Waals surface area contributed by atoms with Gasteiger partial charge in [0.2, 0.25) is 11.8 Å². The molecule has 4 heterocycles. The van der Waals surface area contributed by atoms with Gasteiger partial charge in [0.25, 0.3) is 5.91 Å². The van der Waals surface area contributed by atoms with Gasteiger partial charge in [-0.3, -0.25) is 29.6 Å². The van der Waals surface area contributed by atoms with Crippen LogP contribution in [0.5, 0.6) is 0 Å². The van der Waals surface area contributed by atoms with E-state index in [-0.39, 0.29) is 18.2 Å². The van der Waals surface area contributed by atoms with Gasteiger partial charge in [-0.1, -0.05) is 35.9 Å². The first-order chi connectivity index (χ1) is 17.5. The summed E-state index contributed by atoms with van der Waals surface area (Å²) < 4.78 is 0. The van der Waals surface area contributed by atoms with Crippen molar-refractivity contribution in [2.45, 2.75) is 37.9 Å². The van der Waals surface area contributed by atoms with Gasteiger partial charge in [0.1, 0.15) is 6.04 Å². The SMILES string of the molecule is O=C1CCC(N2Cc3cc(-c4cc(CN5CC(c6ccccc6Cl)C5)ccn4)ccc3C2=O)C(=O)N1. The van der Waals surface area contributed by atoms with E-state index in [1.54, 1.807) is 4.90 Å². The monoisotopic (exact) mass is 500 g/mol. The maximum atomic E-state index is 13.0. The lowest BCUT2D eigenvalue weighted by atomic mass is 9.91. The molecule has 0 aliphatic carbocycles. The Morgan fingerprint density at radius 3 is 2.67 bits per heavy atom. The number of fused-ring (bicyclic) bond motifs is 1. The Labute approximate surface area is 214 Å². The van der Waals surface area contributed by atoms with Crippen LogP contribution in [0, 0.1) is 0 Å². The van der Waals surface area contributed by atoms with Gasteiger partial charge in [-0.25, -0.2) is 0 Å². The van der Waals surface area contributed by atoms with Crippen LogP contribution in [-0.2, 0) is 22.7 Å². The van der Waals surface area contributed by atoms with Gasteiger partial charge < -0.3 is 4.90 Å². The Morgan fingerprint density at radius 2 is 1.86 bits per heavy atom. The molecule has 1 N–H and O–H groups in total. The largest absolute Gasteiger partial charge is 0.322 e. The van der Waals surface area contributed by atoms with E-state index in [1.807, 2.05) is 48.7 Å². The molecule has 0 bridgehead atoms. The molecule has 6 rings (SSSR count). The first-order valence-corrected chi connectivity index (χ1v) is 12.5. The highest BCUT2D eigenvalue weighted by Crippen LogP contribution is 2.34. The number of piperidine rings is 1. The van der Waals surface area contributed by atoms with Crippen LogP contribution in [0.2, 0.25) is 5.02 Å². The van der Waals surface area contributed by atoms with Gasteiger partial charge in [0, 0.05) is 60.9 Å². The van der Waals surface area contributed by atoms with Crippen LogP contribution in [0.3, 0.4) is 0 Å². The predicted octanol–water partition coefficient (Wildman–Crippen LogP) is 3.76. The third-order valence-electron chi connectivity index (χ3n) is 7.35. The van der Waals surface area contributed by atoms with Crippen LogP contribution < -0.4 is 5.32 Å². The third-order valence-corrected chi connectivity index (χ3v) is 7.70. The van der Waals surface area contributed by atoms with Crippen LogP contribution in [0.1, 0.15) is 45.8 Å². The summed E-state index contributed by atoms with van der Waals surface area (Å²) in [5.74, 6) is -0.392. The number of hydrogen-bond acceptors (Lipinski definition) is 5. The number of pyridine rings is 1. The number of halogens is 1. The van der Waals surface area contributed by atoms with Crippen LogP contribution >= 0.6 is 11.6 Å². The second-order valence-corrected chi connectivity index (χ2v) is 10.1. The molecular formula is C28H25ClN4O3. The summed E-state index contributed by atoms with van der Waals surface area (Å²) in [6, 6.07) is 17.3. The smallest absolute Gasteiger partial charge is 0.255 e. The lowest BCUT2D eigenvalue weighted by molar-refractivity contribution is -0.136. The molecule has 2 fully saturated rings. The zero-order valence-electron chi connectivity index (χ0n) is 19.6. The zero-order chi connectivity index (χ0) is 24.8. The quantitative estimate of drug-likeness (QED) is 0.539. The number of hydrogen-bond donors (Lipinski definition) is 1. The molecule has 2 saturated heterocycles. The standard InChI is InChI=1S/C28H25ClN4O3/c29-23-4-2-1-3-21(23)20-14-32(15-20)13-17-9-10-30-24(11-17)18-5-6-22-19(12-18)16-33(28(22)36)25-7-8-26(34)31-27(25)35/h1-6,9-12,20,25H,7-8,13-16H2,(H,31,34,35). The highest BCUT2D eigenvalue weighted by molar-refractivity contribution is 6.31. The number of nitrogens with zero attached hydrogens (tertiary/aromatic N) is 3. The van der Waals surface area contributed by atoms with Crippen LogP contribution in [0.15, 0.2) is 60.8 Å². The third kappa shape index (κ3) is 4.18. The van der Waals surface area contributed by atoms with Crippen molar-refractivity contribution in [3.63, 3.8) is 0 Å². The van der Waals surface area contributed by atoms with Crippen molar-refractivity contribution in [3.8, 4) is 11.3 Å². The van der Waals surface area contributed by atoms with Crippen molar-refractivity contribution in [2.24, 2.45) is 0 Å². The minimum absolute atomic E-state index is 0.168. The molecule has 3 amide bonds. The van der Waals surface area contributed by atoms with E-state index in [1.165, 1.54) is 11.1 Å². The Bertz CT molecular complexity index is 1380. The molecule has 8 heteroatoms. The number of likely N-dealkylation sites (tertiary alicyclic amines) is 1. The fraction of sp³-hybridized carbons (Fsp3) is 0.286. The average molecular weight is 501 g/mol. The summed E-state index contributed by atoms with van der Waals surface area (Å²) in [6.45, 7) is 3.13. The predicted molar refractivity (Wildman–Crippen MR) is 135 cm³/mol. The Hall–Kier alpha value is -3.55. The number of rotatable bonds is 5. The Balaban J connectivity index is 1.14. The van der Waals surface area contributed by atoms with E-state index in [0.717, 1.165) is 41.5 Å². The van der Waals surface area contributed by atoms with E-state index in [4.69, 9.17) is 11.6 Å². The minimum atomic E-state index is -0.612. The second-order valence-electron chi connectivity index (χ2n) is 9.73. The molecular weight excluding hydrogens is 476 g/mol. The second kappa shape index (κ2) is 9.15. The van der Waals surface area contributed by atoms with Crippen LogP contribution in [-0.4, -0.2) is 51.6 Å². The topological polar surface area (TPSA) is 82.6 Å². The number of imide groups is 1. The molecule has 2 aromatic carbocycles. The minimum Gasteiger partial charge on any atom is -0.322 e. The first-order valence-electron chi connectivity index (χ1n) is 12.2. The van der Waals surface area contributed by atoms with Crippen LogP contribution in [0.25, 0.3) is 11.3 Å². The summed E-state index contributed by atoms with van der Waals surface area (Å²) in [5.41, 5.74) is 5.66. The molecule has 0 spiro atoms. The van der Waals surface area contributed by atoms with Gasteiger partial charge >= 0.3 is 0 Å². The number of carbonyl (C=O) groups is 3. The molecule has 3 aliphatic rings. The van der Waals surface area contributed by atoms with E-state index < -0.39 is 11.9 Å². The molecule has 3 aliphatic heterocycles. The highest BCUT2D eigenvalue weighted by Gasteiger charge is 2.39. The van der Waals surface area contributed by atoms with Gasteiger partial charge in [-0.05, 0) is 53.4 Å². The van der Waals surface area contributed by atoms with Crippen LogP contribution in [0.4, 0.5) is 0 Å². The average Bonchev–Trinajstić information content (AvgIpc) is 3.17. The molecule has 0 saturated carbocycles. The Morgan fingerprint density at radius 1 is 1.03 bits per heavy atom. The van der Waals surface area contributed by atoms with Crippen molar-refractivity contribution < 1.29 is 14.4 Å². The molecule has 7 nitrogen and oxygen atoms in total. The van der Waals surface area contributed by atoms with Crippen molar-refractivity contribution in [1.29, 1.82) is 0 Å². The fourth-order valence-electron chi connectivity index (χ4n) is 5.42. The van der Waals surface area contributed by atoms with E-state index >= 15 is 0 Å².